The summed E-state index contributed by atoms with van der Waals surface area (Å²) in [5.74, 6) is -0.0724. The second-order valence-corrected chi connectivity index (χ2v) is 8.26. The zero-order valence-corrected chi connectivity index (χ0v) is 14.4. The van der Waals surface area contributed by atoms with Crippen LogP contribution in [-0.2, 0) is 9.53 Å². The normalized spacial score (nSPS) is 16.3. The van der Waals surface area contributed by atoms with E-state index in [0.29, 0.717) is 6.61 Å². The van der Waals surface area contributed by atoms with Crippen LogP contribution in [0.25, 0.3) is 0 Å². The zero-order valence-electron chi connectivity index (χ0n) is 14.4. The van der Waals surface area contributed by atoms with Gasteiger partial charge in [0.15, 0.2) is 0 Å². The molecular formula is C16H33NO2. The first kappa shape index (κ1) is 18.4. The Hall–Kier alpha value is -0.570. The lowest BCUT2D eigenvalue weighted by atomic mass is 9.61. The zero-order chi connectivity index (χ0) is 15.5. The maximum absolute atomic E-state index is 12.5. The summed E-state index contributed by atoms with van der Waals surface area (Å²) in [4.78, 5) is 14.5. The summed E-state index contributed by atoms with van der Waals surface area (Å²) in [6, 6.07) is 0. The van der Waals surface area contributed by atoms with Gasteiger partial charge >= 0.3 is 5.97 Å². The van der Waals surface area contributed by atoms with Crippen molar-refractivity contribution in [2.75, 3.05) is 27.2 Å². The van der Waals surface area contributed by atoms with Crippen molar-refractivity contribution in [3.8, 4) is 0 Å². The number of hydrogen-bond acceptors (Lipinski definition) is 3. The van der Waals surface area contributed by atoms with Gasteiger partial charge in [0.2, 0.25) is 0 Å². The van der Waals surface area contributed by atoms with Crippen molar-refractivity contribution < 1.29 is 9.53 Å². The molecule has 0 radical (unpaired) electrons. The smallest absolute Gasteiger partial charge is 0.312 e. The van der Waals surface area contributed by atoms with Crippen molar-refractivity contribution in [1.82, 2.24) is 4.90 Å². The van der Waals surface area contributed by atoms with E-state index in [1.54, 1.807) is 0 Å². The summed E-state index contributed by atoms with van der Waals surface area (Å²) < 4.78 is 5.51. The van der Waals surface area contributed by atoms with Gasteiger partial charge in [-0.05, 0) is 38.3 Å². The Labute approximate surface area is 119 Å². The summed E-state index contributed by atoms with van der Waals surface area (Å²) >= 11 is 0. The second kappa shape index (κ2) is 6.25. The van der Waals surface area contributed by atoms with Gasteiger partial charge in [0, 0.05) is 6.54 Å². The van der Waals surface area contributed by atoms with Gasteiger partial charge in [0.05, 0.1) is 5.41 Å². The van der Waals surface area contributed by atoms with E-state index in [-0.39, 0.29) is 16.8 Å². The minimum absolute atomic E-state index is 0.0724. The van der Waals surface area contributed by atoms with E-state index < -0.39 is 5.41 Å². The molecular weight excluding hydrogens is 238 g/mol. The average Bonchev–Trinajstić information content (AvgIpc) is 2.12. The van der Waals surface area contributed by atoms with Crippen molar-refractivity contribution in [3.63, 3.8) is 0 Å². The molecule has 0 saturated heterocycles. The summed E-state index contributed by atoms with van der Waals surface area (Å²) in [5, 5.41) is 0. The molecule has 0 bridgehead atoms. The van der Waals surface area contributed by atoms with Crippen molar-refractivity contribution in [3.05, 3.63) is 0 Å². The van der Waals surface area contributed by atoms with E-state index in [4.69, 9.17) is 4.74 Å². The molecule has 19 heavy (non-hydrogen) atoms. The molecule has 0 spiro atoms. The van der Waals surface area contributed by atoms with Crippen LogP contribution in [0, 0.1) is 16.2 Å². The highest BCUT2D eigenvalue weighted by Crippen LogP contribution is 2.47. The van der Waals surface area contributed by atoms with Crippen molar-refractivity contribution in [2.24, 2.45) is 16.2 Å². The minimum atomic E-state index is -0.461. The third-order valence-electron chi connectivity index (χ3n) is 3.76. The van der Waals surface area contributed by atoms with Crippen LogP contribution in [0.1, 0.15) is 54.9 Å². The van der Waals surface area contributed by atoms with E-state index in [9.17, 15) is 4.79 Å². The van der Waals surface area contributed by atoms with Crippen LogP contribution in [0.2, 0.25) is 0 Å². The van der Waals surface area contributed by atoms with Gasteiger partial charge in [-0.2, -0.15) is 0 Å². The Bertz CT molecular complexity index is 297. The third kappa shape index (κ3) is 5.94. The van der Waals surface area contributed by atoms with Crippen LogP contribution in [0.15, 0.2) is 0 Å². The first-order valence-corrected chi connectivity index (χ1v) is 7.11. The minimum Gasteiger partial charge on any atom is -0.464 e. The number of likely N-dealkylation sites (N-methyl/N-ethyl adjacent to an activating group) is 1. The van der Waals surface area contributed by atoms with Crippen LogP contribution in [0.4, 0.5) is 0 Å². The SMILES string of the molecule is CN(C)CCOC(=O)C(C)(CC(C)(C)C)C(C)(C)C. The second-order valence-electron chi connectivity index (χ2n) is 8.26. The van der Waals surface area contributed by atoms with Crippen LogP contribution < -0.4 is 0 Å². The molecule has 114 valence electrons. The summed E-state index contributed by atoms with van der Waals surface area (Å²) in [6.45, 7) is 16.1. The third-order valence-corrected chi connectivity index (χ3v) is 3.76. The maximum atomic E-state index is 12.5. The molecule has 0 aromatic carbocycles. The number of nitrogens with zero attached hydrogens (tertiary/aromatic N) is 1. The summed E-state index contributed by atoms with van der Waals surface area (Å²) in [5.41, 5.74) is -0.477. The molecule has 0 aromatic heterocycles. The standard InChI is InChI=1S/C16H33NO2/c1-14(2,3)12-16(7,15(4,5)6)13(18)19-11-10-17(8)9/h10-12H2,1-9H3. The van der Waals surface area contributed by atoms with Gasteiger partial charge < -0.3 is 9.64 Å². The Morgan fingerprint density at radius 1 is 1.00 bits per heavy atom. The largest absolute Gasteiger partial charge is 0.464 e. The Morgan fingerprint density at radius 3 is 1.79 bits per heavy atom. The quantitative estimate of drug-likeness (QED) is 0.716. The van der Waals surface area contributed by atoms with E-state index >= 15 is 0 Å². The number of ether oxygens (including phenoxy) is 1. The van der Waals surface area contributed by atoms with Gasteiger partial charge in [0.25, 0.3) is 0 Å². The lowest BCUT2D eigenvalue weighted by molar-refractivity contribution is -0.165. The van der Waals surface area contributed by atoms with E-state index in [1.165, 1.54) is 0 Å². The highest BCUT2D eigenvalue weighted by Gasteiger charge is 2.47. The Kier molecular flexibility index (Phi) is 6.07. The number of carbonyl (C=O) groups excluding carboxylic acids is 1. The molecule has 0 aliphatic heterocycles. The molecule has 0 heterocycles. The van der Waals surface area contributed by atoms with E-state index in [1.807, 2.05) is 25.9 Å². The molecule has 0 N–H and O–H groups in total. The van der Waals surface area contributed by atoms with Crippen molar-refractivity contribution >= 4 is 5.97 Å². The van der Waals surface area contributed by atoms with Crippen LogP contribution in [0.3, 0.4) is 0 Å². The molecule has 0 aliphatic carbocycles. The van der Waals surface area contributed by atoms with Crippen molar-refractivity contribution in [2.45, 2.75) is 54.9 Å². The molecule has 0 fully saturated rings. The van der Waals surface area contributed by atoms with Gasteiger partial charge in [-0.25, -0.2) is 0 Å². The van der Waals surface area contributed by atoms with Gasteiger partial charge in [0.1, 0.15) is 6.61 Å². The first-order chi connectivity index (χ1) is 8.29. The average molecular weight is 271 g/mol. The molecule has 0 amide bonds. The predicted molar refractivity (Wildman–Crippen MR) is 81.1 cm³/mol. The van der Waals surface area contributed by atoms with Gasteiger partial charge in [-0.3, -0.25) is 4.79 Å². The van der Waals surface area contributed by atoms with E-state index in [2.05, 4.69) is 41.5 Å². The number of rotatable bonds is 5. The monoisotopic (exact) mass is 271 g/mol. The number of carbonyl (C=O) groups is 1. The highest BCUT2D eigenvalue weighted by molar-refractivity contribution is 5.77. The lowest BCUT2D eigenvalue weighted by Crippen LogP contribution is -2.44. The van der Waals surface area contributed by atoms with Gasteiger partial charge in [-0.15, -0.1) is 0 Å². The first-order valence-electron chi connectivity index (χ1n) is 7.11. The van der Waals surface area contributed by atoms with Gasteiger partial charge in [-0.1, -0.05) is 41.5 Å². The molecule has 1 atom stereocenters. The highest BCUT2D eigenvalue weighted by atomic mass is 16.5. The molecule has 0 rings (SSSR count). The summed E-state index contributed by atoms with van der Waals surface area (Å²) in [7, 11) is 3.96. The summed E-state index contributed by atoms with van der Waals surface area (Å²) in [6.07, 6.45) is 0.824. The van der Waals surface area contributed by atoms with Crippen LogP contribution in [-0.4, -0.2) is 38.1 Å². The Morgan fingerprint density at radius 2 is 1.47 bits per heavy atom. The maximum Gasteiger partial charge on any atom is 0.312 e. The molecule has 0 aliphatic rings. The molecule has 1 unspecified atom stereocenters. The fourth-order valence-corrected chi connectivity index (χ4v) is 2.18. The number of hydrogen-bond donors (Lipinski definition) is 0. The molecule has 0 saturated carbocycles. The molecule has 3 heteroatoms. The Balaban J connectivity index is 4.91. The predicted octanol–water partition coefficient (Wildman–Crippen LogP) is 3.58. The molecule has 0 aromatic rings. The van der Waals surface area contributed by atoms with Crippen molar-refractivity contribution in [1.29, 1.82) is 0 Å². The molecule has 3 nitrogen and oxygen atoms in total. The van der Waals surface area contributed by atoms with Crippen LogP contribution >= 0.6 is 0 Å². The van der Waals surface area contributed by atoms with E-state index in [0.717, 1.165) is 13.0 Å². The number of esters is 1. The van der Waals surface area contributed by atoms with Crippen LogP contribution in [0.5, 0.6) is 0 Å². The lowest BCUT2D eigenvalue weighted by Gasteiger charge is -2.43. The fourth-order valence-electron chi connectivity index (χ4n) is 2.18. The fraction of sp³-hybridized carbons (Fsp3) is 0.938. The topological polar surface area (TPSA) is 29.5 Å².